The average molecular weight is 539 g/mol. The molecule has 3 rings (SSSR count). The number of methoxy groups -OCH3 is 2. The van der Waals surface area contributed by atoms with Gasteiger partial charge in [0.2, 0.25) is 0 Å². The number of hydrogen-bond donors (Lipinski definition) is 1. The zero-order valence-electron chi connectivity index (χ0n) is 18.9. The van der Waals surface area contributed by atoms with Crippen LogP contribution in [0, 0.1) is 0 Å². The number of ether oxygens (including phenoxy) is 2. The van der Waals surface area contributed by atoms with E-state index in [2.05, 4.69) is 50.3 Å². The van der Waals surface area contributed by atoms with Crippen LogP contribution in [0.3, 0.4) is 0 Å². The van der Waals surface area contributed by atoms with Crippen LogP contribution in [0.25, 0.3) is 0 Å². The summed E-state index contributed by atoms with van der Waals surface area (Å²) in [5.74, 6) is 3.45. The van der Waals surface area contributed by atoms with Crippen molar-refractivity contribution in [2.24, 2.45) is 4.99 Å². The number of guanidine groups is 1. The van der Waals surface area contributed by atoms with Crippen molar-refractivity contribution in [2.45, 2.75) is 25.8 Å². The van der Waals surface area contributed by atoms with E-state index in [1.807, 2.05) is 25.4 Å². The van der Waals surface area contributed by atoms with Crippen LogP contribution in [0.2, 0.25) is 0 Å². The van der Waals surface area contributed by atoms with Gasteiger partial charge in [-0.05, 0) is 54.7 Å². The molecule has 0 spiro atoms. The minimum Gasteiger partial charge on any atom is -0.493 e. The van der Waals surface area contributed by atoms with Gasteiger partial charge in [-0.25, -0.2) is 4.98 Å². The predicted octanol–water partition coefficient (Wildman–Crippen LogP) is 3.57. The molecule has 0 aliphatic carbocycles. The summed E-state index contributed by atoms with van der Waals surface area (Å²) in [7, 11) is 7.18. The van der Waals surface area contributed by atoms with Crippen molar-refractivity contribution in [1.29, 1.82) is 0 Å². The molecule has 1 aliphatic rings. The van der Waals surface area contributed by atoms with Crippen molar-refractivity contribution in [2.75, 3.05) is 52.8 Å². The maximum Gasteiger partial charge on any atom is 0.193 e. The van der Waals surface area contributed by atoms with E-state index in [0.29, 0.717) is 0 Å². The van der Waals surface area contributed by atoms with Crippen LogP contribution in [-0.4, -0.2) is 63.8 Å². The van der Waals surface area contributed by atoms with Crippen molar-refractivity contribution < 1.29 is 9.47 Å². The number of aliphatic imine (C=N–C) groups is 1. The Morgan fingerprint density at radius 1 is 1.10 bits per heavy atom. The molecule has 0 atom stereocenters. The number of pyridine rings is 1. The fourth-order valence-electron chi connectivity index (χ4n) is 3.69. The Kier molecular flexibility index (Phi) is 10.2. The molecule has 1 fully saturated rings. The first kappa shape index (κ1) is 25.0. The van der Waals surface area contributed by atoms with Crippen LogP contribution in [0.1, 0.15) is 24.0 Å². The molecule has 1 aliphatic heterocycles. The van der Waals surface area contributed by atoms with Gasteiger partial charge < -0.3 is 24.6 Å². The first-order valence-electron chi connectivity index (χ1n) is 10.5. The van der Waals surface area contributed by atoms with Crippen LogP contribution in [0.15, 0.2) is 41.5 Å². The summed E-state index contributed by atoms with van der Waals surface area (Å²) in [5, 5.41) is 3.47. The Bertz CT molecular complexity index is 856. The van der Waals surface area contributed by atoms with Crippen LogP contribution in [0.5, 0.6) is 11.5 Å². The van der Waals surface area contributed by atoms with E-state index < -0.39 is 0 Å². The summed E-state index contributed by atoms with van der Waals surface area (Å²) in [5.41, 5.74) is 2.40. The minimum atomic E-state index is 0. The lowest BCUT2D eigenvalue weighted by molar-refractivity contribution is 0.354. The Hall–Kier alpha value is -2.23. The number of benzene rings is 1. The van der Waals surface area contributed by atoms with Crippen LogP contribution in [0.4, 0.5) is 5.82 Å². The van der Waals surface area contributed by atoms with E-state index in [-0.39, 0.29) is 24.0 Å². The van der Waals surface area contributed by atoms with Gasteiger partial charge >= 0.3 is 0 Å². The molecule has 0 amide bonds. The SMILES string of the molecule is CN=C(NCc1ccnc(N2CCCC2)c1)N(C)CCc1ccc(OC)c(OC)c1.I. The van der Waals surface area contributed by atoms with Crippen LogP contribution >= 0.6 is 24.0 Å². The molecule has 0 bridgehead atoms. The highest BCUT2D eigenvalue weighted by molar-refractivity contribution is 14.0. The minimum absolute atomic E-state index is 0. The number of hydrogen-bond acceptors (Lipinski definition) is 5. The topological polar surface area (TPSA) is 62.2 Å². The Morgan fingerprint density at radius 2 is 1.84 bits per heavy atom. The second kappa shape index (κ2) is 12.6. The highest BCUT2D eigenvalue weighted by Gasteiger charge is 2.14. The molecule has 1 aromatic heterocycles. The molecule has 170 valence electrons. The number of halogens is 1. The molecule has 2 aromatic rings. The highest BCUT2D eigenvalue weighted by atomic mass is 127. The molecule has 0 unspecified atom stereocenters. The van der Waals surface area contributed by atoms with Crippen molar-refractivity contribution >= 4 is 35.8 Å². The Labute approximate surface area is 202 Å². The largest absolute Gasteiger partial charge is 0.493 e. The maximum absolute atomic E-state index is 5.40. The number of anilines is 1. The van der Waals surface area contributed by atoms with Crippen LogP contribution in [-0.2, 0) is 13.0 Å². The summed E-state index contributed by atoms with van der Waals surface area (Å²) >= 11 is 0. The van der Waals surface area contributed by atoms with E-state index in [0.717, 1.165) is 55.9 Å². The molecule has 31 heavy (non-hydrogen) atoms. The molecule has 2 heterocycles. The first-order valence-corrected chi connectivity index (χ1v) is 10.5. The van der Waals surface area contributed by atoms with Gasteiger partial charge in [-0.3, -0.25) is 4.99 Å². The standard InChI is InChI=1S/C23H33N5O2.HI/c1-24-23(26-17-19-9-11-25-22(16-19)28-12-5-6-13-28)27(2)14-10-18-7-8-20(29-3)21(15-18)30-4;/h7-9,11,15-16H,5-6,10,12-14,17H2,1-4H3,(H,24,26);1H. The maximum atomic E-state index is 5.40. The smallest absolute Gasteiger partial charge is 0.193 e. The third kappa shape index (κ3) is 6.88. The Morgan fingerprint density at radius 3 is 2.52 bits per heavy atom. The lowest BCUT2D eigenvalue weighted by Gasteiger charge is -2.23. The van der Waals surface area contributed by atoms with Gasteiger partial charge in [-0.2, -0.15) is 0 Å². The van der Waals surface area contributed by atoms with Crippen LogP contribution < -0.4 is 19.7 Å². The molecule has 1 N–H and O–H groups in total. The number of aromatic nitrogens is 1. The van der Waals surface area contributed by atoms with Gasteiger partial charge in [-0.15, -0.1) is 24.0 Å². The van der Waals surface area contributed by atoms with Crippen molar-refractivity contribution in [3.8, 4) is 11.5 Å². The summed E-state index contributed by atoms with van der Waals surface area (Å²) < 4.78 is 10.7. The molecule has 0 saturated carbocycles. The molecule has 8 heteroatoms. The summed E-state index contributed by atoms with van der Waals surface area (Å²) in [4.78, 5) is 13.5. The normalized spacial score (nSPS) is 13.5. The predicted molar refractivity (Wildman–Crippen MR) is 137 cm³/mol. The van der Waals surface area contributed by atoms with E-state index in [1.54, 1.807) is 14.2 Å². The summed E-state index contributed by atoms with van der Waals surface area (Å²) in [6.45, 7) is 3.76. The average Bonchev–Trinajstić information content (AvgIpc) is 3.33. The van der Waals surface area contributed by atoms with E-state index in [1.165, 1.54) is 24.0 Å². The third-order valence-corrected chi connectivity index (χ3v) is 5.45. The zero-order chi connectivity index (χ0) is 21.3. The number of rotatable bonds is 8. The fraction of sp³-hybridized carbons (Fsp3) is 0.478. The molecule has 1 saturated heterocycles. The van der Waals surface area contributed by atoms with Crippen molar-refractivity contribution in [3.05, 3.63) is 47.7 Å². The van der Waals surface area contributed by atoms with Gasteiger partial charge in [-0.1, -0.05) is 6.07 Å². The number of nitrogens with zero attached hydrogens (tertiary/aromatic N) is 4. The van der Waals surface area contributed by atoms with Crippen molar-refractivity contribution in [1.82, 2.24) is 15.2 Å². The quantitative estimate of drug-likeness (QED) is 0.315. The van der Waals surface area contributed by atoms with Gasteiger partial charge in [0.25, 0.3) is 0 Å². The number of nitrogens with one attached hydrogen (secondary N) is 1. The van der Waals surface area contributed by atoms with Gasteiger partial charge in [0, 0.05) is 46.5 Å². The molecular formula is C23H34IN5O2. The third-order valence-electron chi connectivity index (χ3n) is 5.45. The molecule has 7 nitrogen and oxygen atoms in total. The molecule has 0 radical (unpaired) electrons. The van der Waals surface area contributed by atoms with E-state index in [4.69, 9.17) is 9.47 Å². The second-order valence-electron chi connectivity index (χ2n) is 7.48. The summed E-state index contributed by atoms with van der Waals surface area (Å²) in [6, 6.07) is 10.3. The lowest BCUT2D eigenvalue weighted by Crippen LogP contribution is -2.39. The van der Waals surface area contributed by atoms with E-state index >= 15 is 0 Å². The van der Waals surface area contributed by atoms with E-state index in [9.17, 15) is 0 Å². The Balaban J connectivity index is 0.00000341. The monoisotopic (exact) mass is 539 g/mol. The van der Waals surface area contributed by atoms with Crippen molar-refractivity contribution in [3.63, 3.8) is 0 Å². The number of likely N-dealkylation sites (N-methyl/N-ethyl adjacent to an activating group) is 1. The zero-order valence-corrected chi connectivity index (χ0v) is 21.3. The fourth-order valence-corrected chi connectivity index (χ4v) is 3.69. The lowest BCUT2D eigenvalue weighted by atomic mass is 10.1. The van der Waals surface area contributed by atoms with Gasteiger partial charge in [0.05, 0.1) is 14.2 Å². The summed E-state index contributed by atoms with van der Waals surface area (Å²) in [6.07, 6.45) is 5.28. The second-order valence-corrected chi connectivity index (χ2v) is 7.48. The first-order chi connectivity index (χ1) is 14.6. The molecule has 1 aromatic carbocycles. The van der Waals surface area contributed by atoms with Gasteiger partial charge in [0.15, 0.2) is 17.5 Å². The molecular weight excluding hydrogens is 505 g/mol. The van der Waals surface area contributed by atoms with Gasteiger partial charge in [0.1, 0.15) is 5.82 Å². The highest BCUT2D eigenvalue weighted by Crippen LogP contribution is 2.27.